The molecular weight excluding hydrogens is 304 g/mol. The number of pyridine rings is 1. The highest BCUT2D eigenvalue weighted by atomic mass is 35.5. The first-order chi connectivity index (χ1) is 9.13. The number of aromatic nitrogens is 3. The first kappa shape index (κ1) is 12.8. The third-order valence-corrected chi connectivity index (χ3v) is 5.18. The number of hydrogen-bond donors (Lipinski definition) is 1. The molecule has 3 rings (SSSR count). The third-order valence-electron chi connectivity index (χ3n) is 2.62. The Hall–Kier alpha value is -1.18. The summed E-state index contributed by atoms with van der Waals surface area (Å²) in [5.41, 5.74) is 5.46. The second kappa shape index (κ2) is 5.07. The van der Waals surface area contributed by atoms with Gasteiger partial charge in [0.2, 0.25) is 5.91 Å². The third kappa shape index (κ3) is 2.88. The van der Waals surface area contributed by atoms with Crippen molar-refractivity contribution in [2.45, 2.75) is 28.1 Å². The number of rotatable bonds is 4. The lowest BCUT2D eigenvalue weighted by Gasteiger charge is -2.01. The van der Waals surface area contributed by atoms with E-state index in [1.807, 2.05) is 0 Å². The van der Waals surface area contributed by atoms with Crippen molar-refractivity contribution in [3.8, 4) is 0 Å². The van der Waals surface area contributed by atoms with Gasteiger partial charge in [0.25, 0.3) is 0 Å². The summed E-state index contributed by atoms with van der Waals surface area (Å²) in [6.07, 6.45) is 3.82. The Balaban J connectivity index is 1.79. The second-order valence-corrected chi connectivity index (χ2v) is 6.81. The zero-order valence-corrected chi connectivity index (χ0v) is 12.1. The van der Waals surface area contributed by atoms with E-state index in [9.17, 15) is 4.79 Å². The van der Waals surface area contributed by atoms with Gasteiger partial charge in [-0.3, -0.25) is 4.79 Å². The summed E-state index contributed by atoms with van der Waals surface area (Å²) in [6.45, 7) is 0. The summed E-state index contributed by atoms with van der Waals surface area (Å²) < 4.78 is 0.808. The Morgan fingerprint density at radius 3 is 2.89 bits per heavy atom. The fraction of sp³-hybridized carbons (Fsp3) is 0.273. The van der Waals surface area contributed by atoms with Crippen LogP contribution in [-0.4, -0.2) is 21.1 Å². The molecule has 0 unspecified atom stereocenters. The van der Waals surface area contributed by atoms with Crippen molar-refractivity contribution in [3.63, 3.8) is 0 Å². The van der Waals surface area contributed by atoms with E-state index in [2.05, 4.69) is 15.2 Å². The van der Waals surface area contributed by atoms with Crippen molar-refractivity contribution in [3.05, 3.63) is 27.9 Å². The highest BCUT2D eigenvalue weighted by Crippen LogP contribution is 2.43. The standard InChI is InChI=1S/C11H9ClN4OS2/c12-7-3-6(8(13)17)4-14-10(7)19-11-16-15-9(18-11)5-1-2-5/h3-5H,1-2H2,(H2,13,17). The van der Waals surface area contributed by atoms with Crippen LogP contribution in [-0.2, 0) is 0 Å². The molecule has 1 aliphatic rings. The quantitative estimate of drug-likeness (QED) is 0.938. The number of carbonyl (C=O) groups excluding carboxylic acids is 1. The van der Waals surface area contributed by atoms with Crippen LogP contribution in [0.25, 0.3) is 0 Å². The minimum atomic E-state index is -0.544. The molecule has 19 heavy (non-hydrogen) atoms. The zero-order chi connectivity index (χ0) is 13.4. The number of carbonyl (C=O) groups is 1. The Morgan fingerprint density at radius 1 is 1.47 bits per heavy atom. The lowest BCUT2D eigenvalue weighted by molar-refractivity contribution is 0.1000. The second-order valence-electron chi connectivity index (χ2n) is 4.16. The molecule has 2 aromatic heterocycles. The van der Waals surface area contributed by atoms with Crippen molar-refractivity contribution in [2.75, 3.05) is 0 Å². The van der Waals surface area contributed by atoms with Gasteiger partial charge in [-0.05, 0) is 30.7 Å². The molecule has 0 radical (unpaired) electrons. The predicted molar refractivity (Wildman–Crippen MR) is 73.8 cm³/mol. The topological polar surface area (TPSA) is 81.8 Å². The summed E-state index contributed by atoms with van der Waals surface area (Å²) in [7, 11) is 0. The lowest BCUT2D eigenvalue weighted by Crippen LogP contribution is -2.11. The van der Waals surface area contributed by atoms with Gasteiger partial charge in [-0.15, -0.1) is 10.2 Å². The first-order valence-electron chi connectivity index (χ1n) is 5.60. The Labute approximate surface area is 122 Å². The van der Waals surface area contributed by atoms with Crippen molar-refractivity contribution in [1.29, 1.82) is 0 Å². The monoisotopic (exact) mass is 312 g/mol. The summed E-state index contributed by atoms with van der Waals surface area (Å²) in [5, 5.41) is 10.3. The van der Waals surface area contributed by atoms with Crippen molar-refractivity contribution >= 4 is 40.6 Å². The lowest BCUT2D eigenvalue weighted by atomic mass is 10.3. The molecule has 98 valence electrons. The van der Waals surface area contributed by atoms with Gasteiger partial charge in [-0.25, -0.2) is 4.98 Å². The van der Waals surface area contributed by atoms with Gasteiger partial charge in [-0.1, -0.05) is 22.9 Å². The average Bonchev–Trinajstić information content (AvgIpc) is 3.12. The van der Waals surface area contributed by atoms with Crippen LogP contribution in [0.2, 0.25) is 5.02 Å². The summed E-state index contributed by atoms with van der Waals surface area (Å²) in [6, 6.07) is 1.52. The van der Waals surface area contributed by atoms with Crippen LogP contribution >= 0.6 is 34.7 Å². The van der Waals surface area contributed by atoms with Crippen LogP contribution in [0.4, 0.5) is 0 Å². The van der Waals surface area contributed by atoms with E-state index in [1.165, 1.54) is 36.9 Å². The molecule has 1 saturated carbocycles. The molecule has 1 fully saturated rings. The van der Waals surface area contributed by atoms with Gasteiger partial charge in [-0.2, -0.15) is 0 Å². The normalized spacial score (nSPS) is 14.6. The average molecular weight is 313 g/mol. The fourth-order valence-corrected chi connectivity index (χ4v) is 3.67. The van der Waals surface area contributed by atoms with E-state index in [0.29, 0.717) is 21.5 Å². The maximum Gasteiger partial charge on any atom is 0.250 e. The van der Waals surface area contributed by atoms with Crippen LogP contribution < -0.4 is 5.73 Å². The van der Waals surface area contributed by atoms with Gasteiger partial charge in [0, 0.05) is 12.1 Å². The van der Waals surface area contributed by atoms with Crippen molar-refractivity contribution in [1.82, 2.24) is 15.2 Å². The van der Waals surface area contributed by atoms with Gasteiger partial charge >= 0.3 is 0 Å². The molecule has 5 nitrogen and oxygen atoms in total. The first-order valence-corrected chi connectivity index (χ1v) is 7.61. The van der Waals surface area contributed by atoms with E-state index in [1.54, 1.807) is 11.3 Å². The number of nitrogens with zero attached hydrogens (tertiary/aromatic N) is 3. The number of amides is 1. The smallest absolute Gasteiger partial charge is 0.250 e. The Bertz CT molecular complexity index is 641. The van der Waals surface area contributed by atoms with E-state index >= 15 is 0 Å². The number of hydrogen-bond acceptors (Lipinski definition) is 6. The molecular formula is C11H9ClN4OS2. The van der Waals surface area contributed by atoms with Gasteiger partial charge in [0.05, 0.1) is 10.6 Å². The molecule has 2 heterocycles. The molecule has 0 saturated heterocycles. The summed E-state index contributed by atoms with van der Waals surface area (Å²) in [4.78, 5) is 15.1. The van der Waals surface area contributed by atoms with Crippen molar-refractivity contribution < 1.29 is 4.79 Å². The number of nitrogens with two attached hydrogens (primary N) is 1. The van der Waals surface area contributed by atoms with Crippen LogP contribution in [0.1, 0.15) is 34.1 Å². The minimum Gasteiger partial charge on any atom is -0.366 e. The Kier molecular flexibility index (Phi) is 3.42. The molecule has 8 heteroatoms. The molecule has 0 spiro atoms. The number of primary amides is 1. The zero-order valence-electron chi connectivity index (χ0n) is 9.67. The molecule has 0 aromatic carbocycles. The molecule has 2 N–H and O–H groups in total. The van der Waals surface area contributed by atoms with Gasteiger partial charge in [0.15, 0.2) is 4.34 Å². The van der Waals surface area contributed by atoms with Gasteiger partial charge in [0.1, 0.15) is 10.0 Å². The van der Waals surface area contributed by atoms with E-state index in [-0.39, 0.29) is 0 Å². The molecule has 1 aliphatic carbocycles. The molecule has 1 amide bonds. The van der Waals surface area contributed by atoms with Crippen molar-refractivity contribution in [2.24, 2.45) is 5.73 Å². The van der Waals surface area contributed by atoms with E-state index in [0.717, 1.165) is 9.35 Å². The summed E-state index contributed by atoms with van der Waals surface area (Å²) in [5.74, 6) is 0.0467. The maximum absolute atomic E-state index is 11.0. The van der Waals surface area contributed by atoms with E-state index in [4.69, 9.17) is 17.3 Å². The van der Waals surface area contributed by atoms with Crippen LogP contribution in [0.15, 0.2) is 21.6 Å². The molecule has 2 aromatic rings. The number of halogens is 1. The van der Waals surface area contributed by atoms with Crippen LogP contribution in [0.3, 0.4) is 0 Å². The maximum atomic E-state index is 11.0. The predicted octanol–water partition coefficient (Wildman–Crippen LogP) is 2.71. The highest BCUT2D eigenvalue weighted by Gasteiger charge is 2.27. The van der Waals surface area contributed by atoms with Crippen LogP contribution in [0, 0.1) is 0 Å². The van der Waals surface area contributed by atoms with Crippen LogP contribution in [0.5, 0.6) is 0 Å². The SMILES string of the molecule is NC(=O)c1cnc(Sc2nnc(C3CC3)s2)c(Cl)c1. The summed E-state index contributed by atoms with van der Waals surface area (Å²) >= 11 is 8.99. The molecule has 0 aliphatic heterocycles. The minimum absolute atomic E-state index is 0.297. The highest BCUT2D eigenvalue weighted by molar-refractivity contribution is 8.01. The fourth-order valence-electron chi connectivity index (χ4n) is 1.47. The molecule has 0 atom stereocenters. The van der Waals surface area contributed by atoms with Gasteiger partial charge < -0.3 is 5.73 Å². The molecule has 0 bridgehead atoms. The largest absolute Gasteiger partial charge is 0.366 e. The Morgan fingerprint density at radius 2 is 2.26 bits per heavy atom. The van der Waals surface area contributed by atoms with E-state index < -0.39 is 5.91 Å².